The Kier molecular flexibility index (Phi) is 4.53. The highest BCUT2D eigenvalue weighted by molar-refractivity contribution is 6.31. The smallest absolute Gasteiger partial charge is 0.123 e. The molecule has 100 valence electrons. The standard InChI is InChI=1S/C15H14ClFO2/c16-13-7-6-12(17)8-11(13)9-14(18)15(19)10-4-2-1-3-5-10/h1-8,14-15,18-19H,9H2. The van der Waals surface area contributed by atoms with Gasteiger partial charge in [0.1, 0.15) is 11.9 Å². The number of hydrogen-bond acceptors (Lipinski definition) is 2. The molecule has 0 aliphatic rings. The second kappa shape index (κ2) is 6.15. The minimum atomic E-state index is -1.04. The van der Waals surface area contributed by atoms with Gasteiger partial charge in [-0.05, 0) is 29.3 Å². The van der Waals surface area contributed by atoms with E-state index in [4.69, 9.17) is 11.6 Å². The summed E-state index contributed by atoms with van der Waals surface area (Å²) in [4.78, 5) is 0. The molecule has 2 rings (SSSR count). The second-order valence-electron chi connectivity index (χ2n) is 4.36. The average molecular weight is 281 g/mol. The topological polar surface area (TPSA) is 40.5 Å². The molecule has 19 heavy (non-hydrogen) atoms. The highest BCUT2D eigenvalue weighted by atomic mass is 35.5. The predicted octanol–water partition coefficient (Wildman–Crippen LogP) is 3.12. The van der Waals surface area contributed by atoms with Gasteiger partial charge in [-0.25, -0.2) is 4.39 Å². The van der Waals surface area contributed by atoms with Crippen LogP contribution in [0.1, 0.15) is 17.2 Å². The van der Waals surface area contributed by atoms with Crippen molar-refractivity contribution in [1.82, 2.24) is 0 Å². The van der Waals surface area contributed by atoms with E-state index in [1.165, 1.54) is 18.2 Å². The van der Waals surface area contributed by atoms with Crippen molar-refractivity contribution in [3.63, 3.8) is 0 Å². The highest BCUT2D eigenvalue weighted by Crippen LogP contribution is 2.24. The Hall–Kier alpha value is -1.42. The minimum Gasteiger partial charge on any atom is -0.390 e. The van der Waals surface area contributed by atoms with Crippen molar-refractivity contribution in [2.75, 3.05) is 0 Å². The molecule has 0 bridgehead atoms. The fourth-order valence-electron chi connectivity index (χ4n) is 1.91. The molecule has 2 unspecified atom stereocenters. The quantitative estimate of drug-likeness (QED) is 0.903. The number of aliphatic hydroxyl groups is 2. The van der Waals surface area contributed by atoms with Crippen LogP contribution >= 0.6 is 11.6 Å². The van der Waals surface area contributed by atoms with Gasteiger partial charge in [-0.2, -0.15) is 0 Å². The van der Waals surface area contributed by atoms with E-state index in [0.717, 1.165) is 0 Å². The summed E-state index contributed by atoms with van der Waals surface area (Å²) in [7, 11) is 0. The maximum atomic E-state index is 13.1. The van der Waals surface area contributed by atoms with E-state index in [1.807, 2.05) is 6.07 Å². The Morgan fingerprint density at radius 1 is 1.05 bits per heavy atom. The molecule has 0 aromatic heterocycles. The number of rotatable bonds is 4. The zero-order valence-electron chi connectivity index (χ0n) is 10.1. The van der Waals surface area contributed by atoms with Crippen molar-refractivity contribution in [3.8, 4) is 0 Å². The molecule has 2 aromatic carbocycles. The molecular weight excluding hydrogens is 267 g/mol. The molecule has 0 saturated heterocycles. The average Bonchev–Trinajstić information content (AvgIpc) is 2.43. The van der Waals surface area contributed by atoms with Gasteiger partial charge in [0.25, 0.3) is 0 Å². The molecule has 0 aliphatic carbocycles. The minimum absolute atomic E-state index is 0.0899. The van der Waals surface area contributed by atoms with E-state index in [9.17, 15) is 14.6 Å². The van der Waals surface area contributed by atoms with Gasteiger partial charge < -0.3 is 10.2 Å². The lowest BCUT2D eigenvalue weighted by Crippen LogP contribution is -2.21. The van der Waals surface area contributed by atoms with Crippen LogP contribution in [0.25, 0.3) is 0 Å². The Morgan fingerprint density at radius 3 is 2.42 bits per heavy atom. The summed E-state index contributed by atoms with van der Waals surface area (Å²) < 4.78 is 13.1. The van der Waals surface area contributed by atoms with Gasteiger partial charge in [-0.3, -0.25) is 0 Å². The fourth-order valence-corrected chi connectivity index (χ4v) is 2.10. The van der Waals surface area contributed by atoms with Crippen LogP contribution in [-0.4, -0.2) is 16.3 Å². The van der Waals surface area contributed by atoms with Crippen LogP contribution in [0.3, 0.4) is 0 Å². The maximum absolute atomic E-state index is 13.1. The lowest BCUT2D eigenvalue weighted by Gasteiger charge is -2.18. The first-order chi connectivity index (χ1) is 9.08. The summed E-state index contributed by atoms with van der Waals surface area (Å²) in [6.45, 7) is 0. The van der Waals surface area contributed by atoms with Crippen molar-refractivity contribution in [2.45, 2.75) is 18.6 Å². The number of aliphatic hydroxyl groups excluding tert-OH is 2. The molecule has 2 aromatic rings. The zero-order valence-corrected chi connectivity index (χ0v) is 10.9. The van der Waals surface area contributed by atoms with Crippen LogP contribution in [0, 0.1) is 5.82 Å². The number of halogens is 2. The van der Waals surface area contributed by atoms with E-state index in [-0.39, 0.29) is 6.42 Å². The summed E-state index contributed by atoms with van der Waals surface area (Å²) in [5, 5.41) is 20.4. The summed E-state index contributed by atoms with van der Waals surface area (Å²) in [6, 6.07) is 12.8. The first-order valence-corrected chi connectivity index (χ1v) is 6.30. The molecule has 0 amide bonds. The first kappa shape index (κ1) is 14.0. The summed E-state index contributed by atoms with van der Waals surface area (Å²) in [5.74, 6) is -0.416. The first-order valence-electron chi connectivity index (χ1n) is 5.93. The van der Waals surface area contributed by atoms with E-state index >= 15 is 0 Å². The van der Waals surface area contributed by atoms with Crippen molar-refractivity contribution in [2.24, 2.45) is 0 Å². The van der Waals surface area contributed by atoms with Gasteiger partial charge >= 0.3 is 0 Å². The fraction of sp³-hybridized carbons (Fsp3) is 0.200. The lowest BCUT2D eigenvalue weighted by molar-refractivity contribution is 0.0189. The van der Waals surface area contributed by atoms with Gasteiger partial charge in [-0.15, -0.1) is 0 Å². The number of hydrogen-bond donors (Lipinski definition) is 2. The van der Waals surface area contributed by atoms with Crippen LogP contribution in [0.5, 0.6) is 0 Å². The predicted molar refractivity (Wildman–Crippen MR) is 72.5 cm³/mol. The molecular formula is C15H14ClFO2. The van der Waals surface area contributed by atoms with E-state index < -0.39 is 18.0 Å². The Morgan fingerprint density at radius 2 is 1.74 bits per heavy atom. The summed E-state index contributed by atoms with van der Waals surface area (Å²) >= 11 is 5.93. The van der Waals surface area contributed by atoms with Crippen molar-refractivity contribution in [1.29, 1.82) is 0 Å². The zero-order chi connectivity index (χ0) is 13.8. The SMILES string of the molecule is OC(Cc1cc(F)ccc1Cl)C(O)c1ccccc1. The normalized spacial score (nSPS) is 14.1. The van der Waals surface area contributed by atoms with E-state index in [1.54, 1.807) is 24.3 Å². The monoisotopic (exact) mass is 280 g/mol. The molecule has 0 spiro atoms. The molecule has 0 aliphatic heterocycles. The largest absolute Gasteiger partial charge is 0.390 e. The molecule has 0 fully saturated rings. The summed E-state index contributed by atoms with van der Waals surface area (Å²) in [5.41, 5.74) is 1.09. The van der Waals surface area contributed by atoms with Crippen molar-refractivity contribution >= 4 is 11.6 Å². The van der Waals surface area contributed by atoms with Crippen LogP contribution < -0.4 is 0 Å². The van der Waals surface area contributed by atoms with Crippen LogP contribution in [0.2, 0.25) is 5.02 Å². The van der Waals surface area contributed by atoms with Gasteiger partial charge in [0.15, 0.2) is 0 Å². The third kappa shape index (κ3) is 3.53. The summed E-state index contributed by atoms with van der Waals surface area (Å²) in [6.07, 6.45) is -1.98. The Balaban J connectivity index is 2.12. The molecule has 4 heteroatoms. The molecule has 2 nitrogen and oxygen atoms in total. The molecule has 2 atom stereocenters. The molecule has 0 saturated carbocycles. The Bertz CT molecular complexity index is 545. The third-order valence-corrected chi connectivity index (χ3v) is 3.31. The molecule has 2 N–H and O–H groups in total. The second-order valence-corrected chi connectivity index (χ2v) is 4.77. The van der Waals surface area contributed by atoms with E-state index in [2.05, 4.69) is 0 Å². The number of benzene rings is 2. The molecule has 0 heterocycles. The Labute approximate surface area is 116 Å². The van der Waals surface area contributed by atoms with Gasteiger partial charge in [0, 0.05) is 11.4 Å². The van der Waals surface area contributed by atoms with Crippen molar-refractivity contribution < 1.29 is 14.6 Å². The lowest BCUT2D eigenvalue weighted by atomic mass is 9.98. The van der Waals surface area contributed by atoms with Gasteiger partial charge in [0.2, 0.25) is 0 Å². The van der Waals surface area contributed by atoms with E-state index in [0.29, 0.717) is 16.1 Å². The van der Waals surface area contributed by atoms with Crippen molar-refractivity contribution in [3.05, 3.63) is 70.5 Å². The van der Waals surface area contributed by atoms with Crippen LogP contribution in [-0.2, 0) is 6.42 Å². The van der Waals surface area contributed by atoms with Gasteiger partial charge in [-0.1, -0.05) is 41.9 Å². The van der Waals surface area contributed by atoms with Gasteiger partial charge in [0.05, 0.1) is 6.10 Å². The molecule has 0 radical (unpaired) electrons. The third-order valence-electron chi connectivity index (χ3n) is 2.94. The highest BCUT2D eigenvalue weighted by Gasteiger charge is 2.19. The van der Waals surface area contributed by atoms with Crippen LogP contribution in [0.15, 0.2) is 48.5 Å². The van der Waals surface area contributed by atoms with Crippen LogP contribution in [0.4, 0.5) is 4.39 Å². The maximum Gasteiger partial charge on any atom is 0.123 e.